The molecule has 0 fully saturated rings. The molecule has 0 radical (unpaired) electrons. The van der Waals surface area contributed by atoms with E-state index in [1.807, 2.05) is 26.0 Å². The molecule has 0 saturated carbocycles. The second-order valence-electron chi connectivity index (χ2n) is 3.59. The van der Waals surface area contributed by atoms with Crippen LogP contribution in [-0.4, -0.2) is 9.03 Å². The van der Waals surface area contributed by atoms with Gasteiger partial charge in [0.2, 0.25) is 9.03 Å². The Balaban J connectivity index is 3.06. The van der Waals surface area contributed by atoms with Gasteiger partial charge < -0.3 is 5.32 Å². The molecule has 1 aromatic rings. The number of hydrogen-bond acceptors (Lipinski definition) is 2. The molecule has 0 heterocycles. The summed E-state index contributed by atoms with van der Waals surface area (Å²) in [4.78, 5) is 11.9. The first-order chi connectivity index (χ1) is 7.70. The lowest BCUT2D eigenvalue weighted by Gasteiger charge is -2.16. The number of hydrogen-bond donors (Lipinski definition) is 1. The van der Waals surface area contributed by atoms with Crippen molar-refractivity contribution in [2.45, 2.75) is 28.8 Å². The lowest BCUT2D eigenvalue weighted by molar-refractivity contribution is -0.114. The first-order valence-electron chi connectivity index (χ1n) is 4.84. The van der Waals surface area contributed by atoms with Crippen molar-refractivity contribution in [3.05, 3.63) is 23.3 Å². The van der Waals surface area contributed by atoms with E-state index in [4.69, 9.17) is 34.8 Å². The van der Waals surface area contributed by atoms with Crippen molar-refractivity contribution in [2.75, 3.05) is 5.32 Å². The van der Waals surface area contributed by atoms with Gasteiger partial charge in [0, 0.05) is 17.5 Å². The topological polar surface area (TPSA) is 29.1 Å². The third kappa shape index (κ3) is 4.59. The van der Waals surface area contributed by atoms with Gasteiger partial charge in [-0.2, -0.15) is 0 Å². The maximum atomic E-state index is 11.0. The van der Waals surface area contributed by atoms with Crippen LogP contribution < -0.4 is 5.32 Å². The molecule has 17 heavy (non-hydrogen) atoms. The fourth-order valence-electron chi connectivity index (χ4n) is 1.36. The van der Waals surface area contributed by atoms with Crippen molar-refractivity contribution in [2.24, 2.45) is 0 Å². The van der Waals surface area contributed by atoms with Gasteiger partial charge in [0.15, 0.2) is 0 Å². The van der Waals surface area contributed by atoms with Crippen LogP contribution in [-0.2, 0) is 4.79 Å². The fourth-order valence-corrected chi connectivity index (χ4v) is 2.80. The van der Waals surface area contributed by atoms with Crippen LogP contribution in [0.1, 0.15) is 18.1 Å². The molecule has 0 aliphatic heterocycles. The number of carbonyl (C=O) groups excluding carboxylic acids is 1. The number of anilines is 1. The molecule has 0 spiro atoms. The Morgan fingerprint density at radius 1 is 1.24 bits per heavy atom. The number of nitrogens with one attached hydrogen (secondary N) is 1. The molecule has 2 nitrogen and oxygen atoms in total. The number of carbonyl (C=O) groups is 1. The molecule has 0 aliphatic rings. The molecule has 0 aromatic heterocycles. The van der Waals surface area contributed by atoms with Gasteiger partial charge in [0.05, 0.1) is 0 Å². The summed E-state index contributed by atoms with van der Waals surface area (Å²) in [6, 6.07) is 3.64. The molecule has 0 atom stereocenters. The van der Waals surface area contributed by atoms with E-state index in [9.17, 15) is 4.79 Å². The number of halogens is 3. The normalized spacial score (nSPS) is 11.4. The van der Waals surface area contributed by atoms with Gasteiger partial charge in [-0.25, -0.2) is 0 Å². The number of amides is 1. The molecule has 94 valence electrons. The monoisotopic (exact) mass is 311 g/mol. The summed E-state index contributed by atoms with van der Waals surface area (Å²) in [5, 5.41) is 2.76. The van der Waals surface area contributed by atoms with E-state index in [-0.39, 0.29) is 5.91 Å². The van der Waals surface area contributed by atoms with Crippen LogP contribution in [0, 0.1) is 13.8 Å². The molecule has 0 aliphatic carbocycles. The SMILES string of the molecule is CC(=O)Nc1ccc(SC(Cl)(Cl)Cl)c(C)c1C. The third-order valence-corrected chi connectivity index (χ3v) is 3.86. The molecular formula is C11H12Cl3NOS. The Kier molecular flexibility index (Phi) is 5.02. The predicted octanol–water partition coefficient (Wildman–Crippen LogP) is 4.68. The van der Waals surface area contributed by atoms with E-state index >= 15 is 0 Å². The highest BCUT2D eigenvalue weighted by Crippen LogP contribution is 2.45. The van der Waals surface area contributed by atoms with E-state index in [0.717, 1.165) is 33.5 Å². The molecular weight excluding hydrogens is 301 g/mol. The van der Waals surface area contributed by atoms with Crippen LogP contribution in [0.2, 0.25) is 0 Å². The summed E-state index contributed by atoms with van der Waals surface area (Å²) >= 11 is 18.4. The standard InChI is InChI=1S/C11H12Cl3NOS/c1-6-7(2)10(17-11(12,13)14)5-4-9(6)15-8(3)16/h4-5H,1-3H3,(H,15,16). The van der Waals surface area contributed by atoms with Crippen molar-refractivity contribution < 1.29 is 4.79 Å². The second kappa shape index (κ2) is 5.70. The number of benzene rings is 1. The minimum absolute atomic E-state index is 0.103. The average Bonchev–Trinajstić information content (AvgIpc) is 2.15. The highest BCUT2D eigenvalue weighted by molar-refractivity contribution is 8.04. The zero-order valence-electron chi connectivity index (χ0n) is 9.61. The van der Waals surface area contributed by atoms with Gasteiger partial charge in [-0.15, -0.1) is 0 Å². The van der Waals surface area contributed by atoms with Gasteiger partial charge >= 0.3 is 0 Å². The molecule has 0 bridgehead atoms. The number of thioether (sulfide) groups is 1. The minimum Gasteiger partial charge on any atom is -0.326 e. The van der Waals surface area contributed by atoms with Crippen LogP contribution in [0.15, 0.2) is 17.0 Å². The van der Waals surface area contributed by atoms with Crippen molar-refractivity contribution in [3.8, 4) is 0 Å². The van der Waals surface area contributed by atoms with E-state index in [1.165, 1.54) is 6.92 Å². The van der Waals surface area contributed by atoms with Crippen LogP contribution in [0.25, 0.3) is 0 Å². The smallest absolute Gasteiger partial charge is 0.241 e. The highest BCUT2D eigenvalue weighted by atomic mass is 35.6. The fraction of sp³-hybridized carbons (Fsp3) is 0.364. The maximum Gasteiger partial charge on any atom is 0.241 e. The van der Waals surface area contributed by atoms with Crippen LogP contribution >= 0.6 is 46.6 Å². The van der Waals surface area contributed by atoms with E-state index in [0.29, 0.717) is 0 Å². The van der Waals surface area contributed by atoms with Gasteiger partial charge in [-0.05, 0) is 37.1 Å². The van der Waals surface area contributed by atoms with E-state index < -0.39 is 3.12 Å². The highest BCUT2D eigenvalue weighted by Gasteiger charge is 2.23. The van der Waals surface area contributed by atoms with Gasteiger partial charge in [0.25, 0.3) is 0 Å². The Bertz CT molecular complexity index is 443. The number of rotatable bonds is 2. The van der Waals surface area contributed by atoms with E-state index in [2.05, 4.69) is 5.32 Å². The van der Waals surface area contributed by atoms with Gasteiger partial charge in [-0.1, -0.05) is 46.6 Å². The molecule has 1 N–H and O–H groups in total. The van der Waals surface area contributed by atoms with Crippen molar-refractivity contribution in [3.63, 3.8) is 0 Å². The average molecular weight is 313 g/mol. The Labute approximate surface area is 120 Å². The first kappa shape index (κ1) is 15.0. The molecule has 1 aromatic carbocycles. The quantitative estimate of drug-likeness (QED) is 0.634. The summed E-state index contributed by atoms with van der Waals surface area (Å²) in [7, 11) is 0. The van der Waals surface area contributed by atoms with Gasteiger partial charge in [-0.3, -0.25) is 4.79 Å². The maximum absolute atomic E-state index is 11.0. The zero-order chi connectivity index (χ0) is 13.2. The molecule has 0 unspecified atom stereocenters. The molecule has 0 saturated heterocycles. The lowest BCUT2D eigenvalue weighted by atomic mass is 10.1. The summed E-state index contributed by atoms with van der Waals surface area (Å²) in [6.07, 6.45) is 0. The summed E-state index contributed by atoms with van der Waals surface area (Å²) in [5.74, 6) is -0.103. The Morgan fingerprint density at radius 3 is 2.29 bits per heavy atom. The largest absolute Gasteiger partial charge is 0.326 e. The lowest BCUT2D eigenvalue weighted by Crippen LogP contribution is -2.08. The number of alkyl halides is 3. The Hall–Kier alpha value is -0.0900. The van der Waals surface area contributed by atoms with E-state index in [1.54, 1.807) is 0 Å². The van der Waals surface area contributed by atoms with Crippen molar-refractivity contribution in [1.82, 2.24) is 0 Å². The molecule has 1 rings (SSSR count). The van der Waals surface area contributed by atoms with Crippen LogP contribution in [0.5, 0.6) is 0 Å². The molecule has 1 amide bonds. The third-order valence-electron chi connectivity index (χ3n) is 2.27. The second-order valence-corrected chi connectivity index (χ2v) is 7.80. The minimum atomic E-state index is -1.38. The summed E-state index contributed by atoms with van der Waals surface area (Å²) < 4.78 is -1.38. The molecule has 6 heteroatoms. The van der Waals surface area contributed by atoms with Crippen molar-refractivity contribution in [1.29, 1.82) is 0 Å². The van der Waals surface area contributed by atoms with Crippen molar-refractivity contribution >= 4 is 58.2 Å². The summed E-state index contributed by atoms with van der Waals surface area (Å²) in [6.45, 7) is 5.32. The Morgan fingerprint density at radius 2 is 1.82 bits per heavy atom. The zero-order valence-corrected chi connectivity index (χ0v) is 12.7. The predicted molar refractivity (Wildman–Crippen MR) is 76.4 cm³/mol. The summed E-state index contributed by atoms with van der Waals surface area (Å²) in [5.41, 5.74) is 2.75. The van der Waals surface area contributed by atoms with Crippen LogP contribution in [0.3, 0.4) is 0 Å². The van der Waals surface area contributed by atoms with Gasteiger partial charge in [0.1, 0.15) is 0 Å². The van der Waals surface area contributed by atoms with Crippen LogP contribution in [0.4, 0.5) is 5.69 Å². The first-order valence-corrected chi connectivity index (χ1v) is 6.79.